The van der Waals surface area contributed by atoms with Gasteiger partial charge in [0.1, 0.15) is 12.1 Å². The monoisotopic (exact) mass is 525 g/mol. The van der Waals surface area contributed by atoms with E-state index in [9.17, 15) is 10.1 Å². The number of likely N-dealkylation sites (tertiary alicyclic amines) is 2. The zero-order valence-corrected chi connectivity index (χ0v) is 23.3. The predicted octanol–water partition coefficient (Wildman–Crippen LogP) is 6.09. The third-order valence-electron chi connectivity index (χ3n) is 7.64. The Balaban J connectivity index is 1.38. The molecule has 2 aliphatic rings. The van der Waals surface area contributed by atoms with Gasteiger partial charge in [0.25, 0.3) is 0 Å². The molecular formula is C32H39N5O2. The number of amides is 1. The number of hydrogen-bond acceptors (Lipinski definition) is 5. The first-order valence-electron chi connectivity index (χ1n) is 13.7. The second-order valence-electron chi connectivity index (χ2n) is 10.5. The fourth-order valence-corrected chi connectivity index (χ4v) is 5.54. The lowest BCUT2D eigenvalue weighted by atomic mass is 9.83. The first kappa shape index (κ1) is 28.1. The number of aromatic nitrogens is 2. The highest BCUT2D eigenvalue weighted by molar-refractivity contribution is 5.81. The van der Waals surface area contributed by atoms with Gasteiger partial charge in [-0.1, -0.05) is 66.8 Å². The third kappa shape index (κ3) is 6.40. The van der Waals surface area contributed by atoms with Gasteiger partial charge < -0.3 is 9.64 Å². The average molecular weight is 526 g/mol. The van der Waals surface area contributed by atoms with E-state index in [-0.39, 0.29) is 11.6 Å². The van der Waals surface area contributed by atoms with E-state index in [1.165, 1.54) is 0 Å². The lowest BCUT2D eigenvalue weighted by molar-refractivity contribution is -0.0426. The highest BCUT2D eigenvalue weighted by Crippen LogP contribution is 2.37. The van der Waals surface area contributed by atoms with Crippen LogP contribution in [-0.2, 0) is 16.9 Å². The van der Waals surface area contributed by atoms with Crippen LogP contribution in [0.3, 0.4) is 0 Å². The molecule has 0 saturated carbocycles. The summed E-state index contributed by atoms with van der Waals surface area (Å²) in [5.74, 6) is 0. The maximum Gasteiger partial charge on any atom is 0.410 e. The molecule has 1 aromatic carbocycles. The molecule has 0 unspecified atom stereocenters. The molecular weight excluding hydrogens is 486 g/mol. The molecule has 0 aliphatic carbocycles. The van der Waals surface area contributed by atoms with Gasteiger partial charge in [-0.3, -0.25) is 9.58 Å². The molecule has 7 heteroatoms. The first-order valence-corrected chi connectivity index (χ1v) is 13.7. The van der Waals surface area contributed by atoms with Gasteiger partial charge in [-0.25, -0.2) is 4.79 Å². The molecule has 0 radical (unpaired) electrons. The Morgan fingerprint density at radius 2 is 1.87 bits per heavy atom. The van der Waals surface area contributed by atoms with Crippen LogP contribution in [-0.4, -0.2) is 57.9 Å². The molecule has 1 aromatic heterocycles. The predicted molar refractivity (Wildman–Crippen MR) is 155 cm³/mol. The molecule has 4 rings (SSSR count). The minimum absolute atomic E-state index is 0.249. The molecule has 0 N–H and O–H groups in total. The summed E-state index contributed by atoms with van der Waals surface area (Å²) in [5.41, 5.74) is 4.80. The molecule has 1 amide bonds. The SMILES string of the molecule is C=C(C)C(C=CC)=C(C=CC)c1cnn(C2(CC#N)CN(C3CCN(C(=O)OCc4ccccc4)CC3)C2)c1. The molecule has 0 atom stereocenters. The molecule has 0 bridgehead atoms. The van der Waals surface area contributed by atoms with Crippen molar-refractivity contribution >= 4 is 11.7 Å². The van der Waals surface area contributed by atoms with E-state index in [4.69, 9.17) is 9.84 Å². The van der Waals surface area contributed by atoms with Crippen molar-refractivity contribution in [3.05, 3.63) is 95.9 Å². The summed E-state index contributed by atoms with van der Waals surface area (Å²) in [4.78, 5) is 16.8. The second kappa shape index (κ2) is 12.8. The van der Waals surface area contributed by atoms with Crippen LogP contribution in [0, 0.1) is 11.3 Å². The van der Waals surface area contributed by atoms with E-state index >= 15 is 0 Å². The number of allylic oxidation sites excluding steroid dienone is 7. The highest BCUT2D eigenvalue weighted by atomic mass is 16.6. The fourth-order valence-electron chi connectivity index (χ4n) is 5.54. The van der Waals surface area contributed by atoms with Crippen molar-refractivity contribution in [2.75, 3.05) is 26.2 Å². The summed E-state index contributed by atoms with van der Waals surface area (Å²) in [5, 5.41) is 14.4. The number of hydrogen-bond donors (Lipinski definition) is 0. The lowest BCUT2D eigenvalue weighted by Gasteiger charge is -2.53. The van der Waals surface area contributed by atoms with Crippen molar-refractivity contribution < 1.29 is 9.53 Å². The van der Waals surface area contributed by atoms with E-state index in [2.05, 4.69) is 35.9 Å². The highest BCUT2D eigenvalue weighted by Gasteiger charge is 2.48. The molecule has 39 heavy (non-hydrogen) atoms. The van der Waals surface area contributed by atoms with E-state index in [1.54, 1.807) is 4.90 Å². The van der Waals surface area contributed by atoms with Crippen molar-refractivity contribution in [1.82, 2.24) is 19.6 Å². The molecule has 0 spiro atoms. The summed E-state index contributed by atoms with van der Waals surface area (Å²) >= 11 is 0. The van der Waals surface area contributed by atoms with Crippen LogP contribution < -0.4 is 0 Å². The van der Waals surface area contributed by atoms with Crippen LogP contribution in [0.25, 0.3) is 5.57 Å². The van der Waals surface area contributed by atoms with E-state index in [0.29, 0.717) is 32.2 Å². The van der Waals surface area contributed by atoms with Crippen molar-refractivity contribution in [3.8, 4) is 6.07 Å². The van der Waals surface area contributed by atoms with Crippen molar-refractivity contribution in [2.24, 2.45) is 0 Å². The summed E-state index contributed by atoms with van der Waals surface area (Å²) in [6.07, 6.45) is 14.1. The third-order valence-corrected chi connectivity index (χ3v) is 7.64. The Kier molecular flexibility index (Phi) is 9.21. The summed E-state index contributed by atoms with van der Waals surface area (Å²) in [7, 11) is 0. The normalized spacial score (nSPS) is 18.6. The van der Waals surface area contributed by atoms with Crippen LogP contribution in [0.4, 0.5) is 4.79 Å². The minimum atomic E-state index is -0.343. The van der Waals surface area contributed by atoms with Crippen LogP contribution in [0.2, 0.25) is 0 Å². The first-order chi connectivity index (χ1) is 18.9. The van der Waals surface area contributed by atoms with Gasteiger partial charge >= 0.3 is 6.09 Å². The van der Waals surface area contributed by atoms with Gasteiger partial charge in [-0.05, 0) is 50.3 Å². The summed E-state index contributed by atoms with van der Waals surface area (Å²) in [6.45, 7) is 13.4. The van der Waals surface area contributed by atoms with Gasteiger partial charge in [0.15, 0.2) is 0 Å². The molecule has 204 valence electrons. The standard InChI is InChI=1S/C32H39N5O2/c1-5-10-29(25(3)4)30(11-6-2)27-20-34-37(21-27)32(16-17-33)23-36(24-32)28-14-18-35(19-15-28)31(38)39-22-26-12-8-7-9-13-26/h5-13,20-21,28H,3,14-16,18-19,22-24H2,1-2,4H3. The zero-order valence-electron chi connectivity index (χ0n) is 23.3. The molecule has 7 nitrogen and oxygen atoms in total. The van der Waals surface area contributed by atoms with Gasteiger partial charge in [0.2, 0.25) is 0 Å². The summed E-state index contributed by atoms with van der Waals surface area (Å²) < 4.78 is 7.51. The molecule has 2 saturated heterocycles. The van der Waals surface area contributed by atoms with Crippen LogP contribution >= 0.6 is 0 Å². The largest absolute Gasteiger partial charge is 0.445 e. The number of nitrogens with zero attached hydrogens (tertiary/aromatic N) is 5. The van der Waals surface area contributed by atoms with Crippen molar-refractivity contribution in [3.63, 3.8) is 0 Å². The maximum absolute atomic E-state index is 12.6. The lowest BCUT2D eigenvalue weighted by Crippen LogP contribution is -2.66. The topological polar surface area (TPSA) is 74.4 Å². The number of nitriles is 1. The fraction of sp³-hybridized carbons (Fsp3) is 0.406. The van der Waals surface area contributed by atoms with Gasteiger partial charge in [-0.15, -0.1) is 0 Å². The quantitative estimate of drug-likeness (QED) is 0.370. The van der Waals surface area contributed by atoms with Gasteiger partial charge in [0.05, 0.1) is 18.7 Å². The summed E-state index contributed by atoms with van der Waals surface area (Å²) in [6, 6.07) is 12.5. The van der Waals surface area contributed by atoms with Crippen molar-refractivity contribution in [2.45, 2.75) is 58.2 Å². The number of rotatable bonds is 9. The Morgan fingerprint density at radius 1 is 1.18 bits per heavy atom. The smallest absolute Gasteiger partial charge is 0.410 e. The van der Waals surface area contributed by atoms with E-state index in [0.717, 1.165) is 53.8 Å². The number of ether oxygens (including phenoxy) is 1. The Labute approximate surface area is 232 Å². The molecule has 2 aliphatic heterocycles. The van der Waals surface area contributed by atoms with Crippen molar-refractivity contribution in [1.29, 1.82) is 5.26 Å². The van der Waals surface area contributed by atoms with E-state index in [1.807, 2.05) is 74.1 Å². The second-order valence-corrected chi connectivity index (χ2v) is 10.5. The molecule has 2 aromatic rings. The van der Waals surface area contributed by atoms with Crippen LogP contribution in [0.1, 0.15) is 51.2 Å². The van der Waals surface area contributed by atoms with Gasteiger partial charge in [0, 0.05) is 44.0 Å². The van der Waals surface area contributed by atoms with Crippen LogP contribution in [0.5, 0.6) is 0 Å². The minimum Gasteiger partial charge on any atom is -0.445 e. The maximum atomic E-state index is 12.6. The van der Waals surface area contributed by atoms with Crippen LogP contribution in [0.15, 0.2) is 84.8 Å². The number of benzene rings is 1. The number of carbonyl (C=O) groups excluding carboxylic acids is 1. The molecule has 2 fully saturated rings. The van der Waals surface area contributed by atoms with E-state index < -0.39 is 0 Å². The number of piperidine rings is 1. The zero-order chi connectivity index (χ0) is 27.8. The Hall–Kier alpha value is -3.89. The van der Waals surface area contributed by atoms with Gasteiger partial charge in [-0.2, -0.15) is 10.4 Å². The molecule has 3 heterocycles. The Bertz CT molecular complexity index is 1280. The average Bonchev–Trinajstić information content (AvgIpc) is 3.42. The number of carbonyl (C=O) groups is 1. The Morgan fingerprint density at radius 3 is 2.49 bits per heavy atom.